The lowest BCUT2D eigenvalue weighted by molar-refractivity contribution is -0.125. The number of benzene rings is 1. The topological polar surface area (TPSA) is 70.2 Å². The smallest absolute Gasteiger partial charge is 0.247 e. The second kappa shape index (κ2) is 6.60. The van der Waals surface area contributed by atoms with Crippen LogP contribution in [-0.4, -0.2) is 23.9 Å². The van der Waals surface area contributed by atoms with Crippen molar-refractivity contribution in [2.24, 2.45) is 0 Å². The molecule has 1 saturated carbocycles. The maximum Gasteiger partial charge on any atom is 0.247 e. The molecule has 1 aromatic carbocycles. The van der Waals surface area contributed by atoms with E-state index in [4.69, 9.17) is 0 Å². The van der Waals surface area contributed by atoms with Crippen LogP contribution in [0.3, 0.4) is 0 Å². The van der Waals surface area contributed by atoms with Gasteiger partial charge in [0.25, 0.3) is 0 Å². The average molecular weight is 315 g/mol. The van der Waals surface area contributed by atoms with E-state index in [1.807, 2.05) is 26.0 Å². The molecule has 1 fully saturated rings. The molecule has 0 unspecified atom stereocenters. The Morgan fingerprint density at radius 1 is 1.13 bits per heavy atom. The number of hydrogen-bond donors (Lipinski definition) is 3. The number of carbonyl (C=O) groups excluding carboxylic acids is 2. The highest BCUT2D eigenvalue weighted by atomic mass is 16.2. The minimum absolute atomic E-state index is 0.0446. The molecule has 1 aliphatic carbocycles. The Kier molecular flexibility index (Phi) is 4.55. The third-order valence-corrected chi connectivity index (χ3v) is 4.90. The van der Waals surface area contributed by atoms with Gasteiger partial charge in [-0.1, -0.05) is 19.3 Å². The lowest BCUT2D eigenvalue weighted by atomic mass is 9.95. The lowest BCUT2D eigenvalue weighted by Gasteiger charge is -2.28. The zero-order valence-corrected chi connectivity index (χ0v) is 13.9. The fraction of sp³-hybridized carbons (Fsp3) is 0.556. The van der Waals surface area contributed by atoms with Crippen molar-refractivity contribution in [3.8, 4) is 0 Å². The molecule has 0 radical (unpaired) electrons. The van der Waals surface area contributed by atoms with E-state index < -0.39 is 6.04 Å². The Bertz CT molecular complexity index is 621. The summed E-state index contributed by atoms with van der Waals surface area (Å²) in [6.07, 6.45) is 5.90. The minimum Gasteiger partial charge on any atom is -0.372 e. The van der Waals surface area contributed by atoms with Crippen molar-refractivity contribution in [2.75, 3.05) is 10.6 Å². The monoisotopic (exact) mass is 315 g/mol. The Balaban J connectivity index is 1.63. The van der Waals surface area contributed by atoms with Gasteiger partial charge in [0.1, 0.15) is 6.04 Å². The molecular formula is C18H25N3O2. The summed E-state index contributed by atoms with van der Waals surface area (Å²) >= 11 is 0. The quantitative estimate of drug-likeness (QED) is 0.803. The summed E-state index contributed by atoms with van der Waals surface area (Å²) in [6, 6.07) is 3.76. The van der Waals surface area contributed by atoms with Crippen molar-refractivity contribution in [1.82, 2.24) is 5.32 Å². The fourth-order valence-electron chi connectivity index (χ4n) is 3.37. The predicted octanol–water partition coefficient (Wildman–Crippen LogP) is 2.88. The molecule has 124 valence electrons. The third-order valence-electron chi connectivity index (χ3n) is 4.90. The maximum absolute atomic E-state index is 12.2. The Morgan fingerprint density at radius 2 is 1.78 bits per heavy atom. The number of nitrogens with one attached hydrogen (secondary N) is 3. The van der Waals surface area contributed by atoms with Crippen LogP contribution in [0.4, 0.5) is 11.4 Å². The van der Waals surface area contributed by atoms with E-state index in [-0.39, 0.29) is 24.3 Å². The molecule has 23 heavy (non-hydrogen) atoms. The van der Waals surface area contributed by atoms with Crippen LogP contribution in [0.5, 0.6) is 0 Å². The molecule has 0 saturated heterocycles. The highest BCUT2D eigenvalue weighted by molar-refractivity contribution is 6.05. The molecule has 1 atom stereocenters. The van der Waals surface area contributed by atoms with Crippen molar-refractivity contribution >= 4 is 23.2 Å². The van der Waals surface area contributed by atoms with Gasteiger partial charge in [-0.2, -0.15) is 0 Å². The fourth-order valence-corrected chi connectivity index (χ4v) is 3.37. The van der Waals surface area contributed by atoms with Gasteiger partial charge in [0.2, 0.25) is 11.8 Å². The van der Waals surface area contributed by atoms with Crippen LogP contribution in [0.2, 0.25) is 0 Å². The molecule has 3 N–H and O–H groups in total. The maximum atomic E-state index is 12.2. The van der Waals surface area contributed by atoms with Crippen LogP contribution in [0, 0.1) is 13.8 Å². The van der Waals surface area contributed by atoms with Gasteiger partial charge in [-0.05, 0) is 49.9 Å². The minimum atomic E-state index is -0.506. The first-order valence-electron chi connectivity index (χ1n) is 8.51. The van der Waals surface area contributed by atoms with Gasteiger partial charge in [-0.25, -0.2) is 0 Å². The number of aryl methyl sites for hydroxylation is 2. The molecule has 2 aliphatic rings. The molecule has 0 bridgehead atoms. The van der Waals surface area contributed by atoms with Crippen LogP contribution in [0.25, 0.3) is 0 Å². The van der Waals surface area contributed by atoms with Gasteiger partial charge in [0.15, 0.2) is 0 Å². The number of carbonyl (C=O) groups is 2. The first-order chi connectivity index (χ1) is 11.0. The van der Waals surface area contributed by atoms with E-state index in [1.54, 1.807) is 0 Å². The van der Waals surface area contributed by atoms with E-state index in [2.05, 4.69) is 16.0 Å². The van der Waals surface area contributed by atoms with E-state index in [0.29, 0.717) is 0 Å². The van der Waals surface area contributed by atoms with Crippen LogP contribution in [0.15, 0.2) is 12.1 Å². The Hall–Kier alpha value is -2.04. The van der Waals surface area contributed by atoms with Gasteiger partial charge in [-0.15, -0.1) is 0 Å². The Morgan fingerprint density at radius 3 is 2.48 bits per heavy atom. The molecule has 0 spiro atoms. The molecule has 1 aliphatic heterocycles. The number of anilines is 2. The molecule has 0 aromatic heterocycles. The predicted molar refractivity (Wildman–Crippen MR) is 91.6 cm³/mol. The van der Waals surface area contributed by atoms with E-state index >= 15 is 0 Å². The summed E-state index contributed by atoms with van der Waals surface area (Å²) in [6.45, 7) is 4.06. The van der Waals surface area contributed by atoms with Gasteiger partial charge in [0.05, 0.1) is 17.8 Å². The number of amides is 2. The van der Waals surface area contributed by atoms with Crippen LogP contribution in [0.1, 0.15) is 49.7 Å². The highest BCUT2D eigenvalue weighted by Crippen LogP contribution is 2.30. The van der Waals surface area contributed by atoms with Crippen molar-refractivity contribution in [2.45, 2.75) is 64.5 Å². The Labute approximate surface area is 137 Å². The zero-order valence-electron chi connectivity index (χ0n) is 13.9. The first kappa shape index (κ1) is 15.8. The van der Waals surface area contributed by atoms with Gasteiger partial charge >= 0.3 is 0 Å². The summed E-state index contributed by atoms with van der Waals surface area (Å²) in [5, 5.41) is 9.19. The summed E-state index contributed by atoms with van der Waals surface area (Å²) in [4.78, 5) is 24.5. The van der Waals surface area contributed by atoms with E-state index in [1.165, 1.54) is 19.3 Å². The normalized spacial score (nSPS) is 21.1. The van der Waals surface area contributed by atoms with E-state index in [9.17, 15) is 9.59 Å². The second-order valence-corrected chi connectivity index (χ2v) is 6.77. The zero-order chi connectivity index (χ0) is 16.4. The largest absolute Gasteiger partial charge is 0.372 e. The molecule has 2 amide bonds. The average Bonchev–Trinajstić information content (AvgIpc) is 2.51. The second-order valence-electron chi connectivity index (χ2n) is 6.77. The molecule has 1 heterocycles. The number of hydrogen-bond acceptors (Lipinski definition) is 3. The molecule has 5 nitrogen and oxygen atoms in total. The SMILES string of the molecule is Cc1cc2c(cc1C)N[C@@H](CC(=O)NC1CCCCC1)C(=O)N2. The van der Waals surface area contributed by atoms with E-state index in [0.717, 1.165) is 35.3 Å². The van der Waals surface area contributed by atoms with Crippen LogP contribution >= 0.6 is 0 Å². The van der Waals surface area contributed by atoms with Crippen LogP contribution < -0.4 is 16.0 Å². The van der Waals surface area contributed by atoms with Gasteiger partial charge in [0, 0.05) is 6.04 Å². The summed E-state index contributed by atoms with van der Waals surface area (Å²) in [7, 11) is 0. The molecule has 3 rings (SSSR count). The van der Waals surface area contributed by atoms with Crippen molar-refractivity contribution in [3.63, 3.8) is 0 Å². The third kappa shape index (κ3) is 3.66. The van der Waals surface area contributed by atoms with Crippen molar-refractivity contribution in [3.05, 3.63) is 23.3 Å². The summed E-state index contributed by atoms with van der Waals surface area (Å²) in [5.41, 5.74) is 3.99. The summed E-state index contributed by atoms with van der Waals surface area (Å²) < 4.78 is 0. The first-order valence-corrected chi connectivity index (χ1v) is 8.51. The number of fused-ring (bicyclic) bond motifs is 1. The molecular weight excluding hydrogens is 290 g/mol. The van der Waals surface area contributed by atoms with Crippen molar-refractivity contribution < 1.29 is 9.59 Å². The van der Waals surface area contributed by atoms with Gasteiger partial charge < -0.3 is 16.0 Å². The standard InChI is InChI=1S/C18H25N3O2/c1-11-8-14-15(9-12(11)2)21-18(23)16(20-14)10-17(22)19-13-6-4-3-5-7-13/h8-9,13,16,20H,3-7,10H2,1-2H3,(H,19,22)(H,21,23)/t16-/m0/s1. The number of rotatable bonds is 3. The molecule has 1 aromatic rings. The summed E-state index contributed by atoms with van der Waals surface area (Å²) in [5.74, 6) is -0.184. The lowest BCUT2D eigenvalue weighted by Crippen LogP contribution is -2.44. The molecule has 5 heteroatoms. The van der Waals surface area contributed by atoms with Crippen molar-refractivity contribution in [1.29, 1.82) is 0 Å². The van der Waals surface area contributed by atoms with Crippen LogP contribution in [-0.2, 0) is 9.59 Å². The highest BCUT2D eigenvalue weighted by Gasteiger charge is 2.28. The van der Waals surface area contributed by atoms with Gasteiger partial charge in [-0.3, -0.25) is 9.59 Å².